The lowest BCUT2D eigenvalue weighted by Gasteiger charge is -2.11. The van der Waals surface area contributed by atoms with Crippen LogP contribution in [0.3, 0.4) is 0 Å². The third-order valence-corrected chi connectivity index (χ3v) is 2.16. The first-order chi connectivity index (χ1) is 11.1. The minimum atomic E-state index is -3.71. The van der Waals surface area contributed by atoms with Gasteiger partial charge in [0.2, 0.25) is 0 Å². The summed E-state index contributed by atoms with van der Waals surface area (Å²) in [5.41, 5.74) is 0.825. The Morgan fingerprint density at radius 3 is 2.67 bits per heavy atom. The van der Waals surface area contributed by atoms with Crippen molar-refractivity contribution >= 4 is 11.5 Å². The van der Waals surface area contributed by atoms with Crippen LogP contribution >= 0.6 is 0 Å². The van der Waals surface area contributed by atoms with Crippen LogP contribution in [0.1, 0.15) is 36.2 Å². The van der Waals surface area contributed by atoms with Gasteiger partial charge in [-0.25, -0.2) is 4.79 Å². The maximum atomic E-state index is 12.4. The van der Waals surface area contributed by atoms with Crippen molar-refractivity contribution in [2.45, 2.75) is 39.6 Å². The molecule has 0 aromatic carbocycles. The molecule has 100 valence electrons. The van der Waals surface area contributed by atoms with Gasteiger partial charge in [0.25, 0.3) is 0 Å². The minimum Gasteiger partial charge on any atom is -0.379 e. The van der Waals surface area contributed by atoms with E-state index in [1.54, 1.807) is 6.92 Å². The van der Waals surface area contributed by atoms with E-state index in [4.69, 9.17) is 15.3 Å². The molecule has 0 spiro atoms. The molecule has 0 fully saturated rings. The fourth-order valence-corrected chi connectivity index (χ4v) is 1.42. The van der Waals surface area contributed by atoms with Crippen LogP contribution in [-0.4, -0.2) is 14.1 Å². The molecule has 0 unspecified atom stereocenters. The molecule has 18 heavy (non-hydrogen) atoms. The number of anilines is 1. The summed E-state index contributed by atoms with van der Waals surface area (Å²) in [6.07, 6.45) is -3.47. The molecule has 0 aliphatic heterocycles. The molecule has 0 saturated heterocycles. The van der Waals surface area contributed by atoms with Crippen LogP contribution in [0.25, 0.3) is 0 Å². The van der Waals surface area contributed by atoms with E-state index >= 15 is 0 Å². The lowest BCUT2D eigenvalue weighted by atomic mass is 10.4. The van der Waals surface area contributed by atoms with Crippen molar-refractivity contribution in [2.75, 3.05) is 5.73 Å². The summed E-state index contributed by atoms with van der Waals surface area (Å²) in [6, 6.07) is 0. The minimum absolute atomic E-state index is 0.224. The third-order valence-electron chi connectivity index (χ3n) is 2.16. The van der Waals surface area contributed by atoms with Crippen LogP contribution in [0.15, 0.2) is 9.59 Å². The van der Waals surface area contributed by atoms with Crippen molar-refractivity contribution in [1.82, 2.24) is 9.13 Å². The second kappa shape index (κ2) is 5.48. The molecule has 0 bridgehead atoms. The molecule has 1 heterocycles. The van der Waals surface area contributed by atoms with Gasteiger partial charge in [-0.2, -0.15) is 0 Å². The van der Waals surface area contributed by atoms with Gasteiger partial charge >= 0.3 is 16.9 Å². The summed E-state index contributed by atoms with van der Waals surface area (Å²) in [6.45, 7) is -5.92. The van der Waals surface area contributed by atoms with Crippen molar-refractivity contribution in [3.63, 3.8) is 0 Å². The number of nitrogen functional groups attached to an aromatic ring is 1. The SMILES string of the molecule is [2H]C([2H])([2H])C([2H])([2H])C([2H])([2H])n1c(=O)c([N+](=O)[O-])c(N)n(CCC)c1=O. The van der Waals surface area contributed by atoms with Crippen molar-refractivity contribution in [3.8, 4) is 0 Å². The molecule has 0 radical (unpaired) electrons. The summed E-state index contributed by atoms with van der Waals surface area (Å²) in [5, 5.41) is 11.1. The van der Waals surface area contributed by atoms with Crippen LogP contribution in [0.4, 0.5) is 11.5 Å². The molecular weight excluding hydrogens is 240 g/mol. The van der Waals surface area contributed by atoms with E-state index in [1.165, 1.54) is 0 Å². The number of nitrogens with zero attached hydrogens (tertiary/aromatic N) is 3. The molecule has 0 atom stereocenters. The summed E-state index contributed by atoms with van der Waals surface area (Å²) < 4.78 is 52.1. The highest BCUT2D eigenvalue weighted by atomic mass is 16.6. The molecule has 8 nitrogen and oxygen atoms in total. The number of nitrogens with two attached hydrogens (primary N) is 1. The van der Waals surface area contributed by atoms with E-state index in [9.17, 15) is 19.7 Å². The smallest absolute Gasteiger partial charge is 0.374 e. The first-order valence-corrected chi connectivity index (χ1v) is 4.93. The number of aromatic nitrogens is 2. The number of nitro groups is 1. The Morgan fingerprint density at radius 2 is 2.17 bits per heavy atom. The van der Waals surface area contributed by atoms with Gasteiger partial charge in [0.05, 0.1) is 7.66 Å². The van der Waals surface area contributed by atoms with Gasteiger partial charge in [-0.05, 0) is 12.8 Å². The molecule has 1 rings (SSSR count). The fraction of sp³-hybridized carbons (Fsp3) is 0.600. The summed E-state index contributed by atoms with van der Waals surface area (Å²) >= 11 is 0. The maximum Gasteiger partial charge on any atom is 0.374 e. The predicted molar refractivity (Wildman–Crippen MR) is 66.6 cm³/mol. The lowest BCUT2D eigenvalue weighted by molar-refractivity contribution is -0.386. The number of hydrogen-bond donors (Lipinski definition) is 1. The van der Waals surface area contributed by atoms with E-state index in [-0.39, 0.29) is 13.0 Å². The molecular formula is C10H16N4O4. The van der Waals surface area contributed by atoms with Crippen LogP contribution in [0.2, 0.25) is 0 Å². The summed E-state index contributed by atoms with van der Waals surface area (Å²) in [7, 11) is 0. The van der Waals surface area contributed by atoms with Gasteiger partial charge in [-0.1, -0.05) is 13.8 Å². The Hall–Kier alpha value is -2.12. The maximum absolute atomic E-state index is 12.4. The van der Waals surface area contributed by atoms with Crippen LogP contribution < -0.4 is 17.0 Å². The molecule has 0 aliphatic rings. The Balaban J connectivity index is 4.04. The second-order valence-corrected chi connectivity index (χ2v) is 3.30. The van der Waals surface area contributed by atoms with Crippen LogP contribution in [-0.2, 0) is 13.0 Å². The van der Waals surface area contributed by atoms with E-state index in [0.29, 0.717) is 4.57 Å². The Bertz CT molecular complexity index is 811. The first kappa shape index (κ1) is 6.72. The zero-order valence-corrected chi connectivity index (χ0v) is 9.47. The highest BCUT2D eigenvalue weighted by molar-refractivity contribution is 5.50. The monoisotopic (exact) mass is 263 g/mol. The fourth-order valence-electron chi connectivity index (χ4n) is 1.42. The highest BCUT2D eigenvalue weighted by Gasteiger charge is 2.25. The molecule has 1 aromatic heterocycles. The van der Waals surface area contributed by atoms with Crippen molar-refractivity contribution in [1.29, 1.82) is 0 Å². The van der Waals surface area contributed by atoms with E-state index in [1.807, 2.05) is 0 Å². The van der Waals surface area contributed by atoms with Crippen molar-refractivity contribution in [3.05, 3.63) is 31.0 Å². The van der Waals surface area contributed by atoms with Crippen molar-refractivity contribution < 1.29 is 14.5 Å². The largest absolute Gasteiger partial charge is 0.379 e. The summed E-state index contributed by atoms with van der Waals surface area (Å²) in [5.74, 6) is -0.816. The second-order valence-electron chi connectivity index (χ2n) is 3.30. The normalized spacial score (nSPS) is 18.6. The van der Waals surface area contributed by atoms with Gasteiger partial charge in [0, 0.05) is 19.9 Å². The molecule has 2 N–H and O–H groups in total. The quantitative estimate of drug-likeness (QED) is 0.607. The first-order valence-electron chi connectivity index (χ1n) is 8.43. The molecule has 8 heteroatoms. The Labute approximate surface area is 113 Å². The Morgan fingerprint density at radius 1 is 1.50 bits per heavy atom. The predicted octanol–water partition coefficient (Wildman–Crippen LogP) is 0.320. The zero-order valence-electron chi connectivity index (χ0n) is 16.5. The topological polar surface area (TPSA) is 113 Å². The average molecular weight is 263 g/mol. The average Bonchev–Trinajstić information content (AvgIpc) is 2.41. The lowest BCUT2D eigenvalue weighted by Crippen LogP contribution is -2.42. The van der Waals surface area contributed by atoms with Crippen molar-refractivity contribution in [2.24, 2.45) is 0 Å². The third kappa shape index (κ3) is 2.27. The highest BCUT2D eigenvalue weighted by Crippen LogP contribution is 2.13. The van der Waals surface area contributed by atoms with E-state index < -0.39 is 52.0 Å². The molecule has 0 saturated carbocycles. The number of rotatable bonds is 5. The summed E-state index contributed by atoms with van der Waals surface area (Å²) in [4.78, 5) is 34.6. The van der Waals surface area contributed by atoms with E-state index in [2.05, 4.69) is 0 Å². The number of hydrogen-bond acceptors (Lipinski definition) is 5. The van der Waals surface area contributed by atoms with Gasteiger partial charge < -0.3 is 5.73 Å². The van der Waals surface area contributed by atoms with Crippen LogP contribution in [0.5, 0.6) is 0 Å². The molecule has 1 aromatic rings. The van der Waals surface area contributed by atoms with Gasteiger partial charge in [-0.15, -0.1) is 0 Å². The standard InChI is InChI=1S/C10H16N4O4/c1-3-5-12-8(11)7(14(17)18)9(15)13(6-4-2)10(12)16/h3-6,11H2,1-2H3/i2D3,4D2,6D2. The molecule has 0 amide bonds. The molecule has 0 aliphatic carbocycles. The van der Waals surface area contributed by atoms with Crippen LogP contribution in [0, 0.1) is 10.1 Å². The zero-order chi connectivity index (χ0) is 20.0. The van der Waals surface area contributed by atoms with Gasteiger partial charge in [-0.3, -0.25) is 24.0 Å². The Kier molecular flexibility index (Phi) is 2.04. The van der Waals surface area contributed by atoms with E-state index in [0.717, 1.165) is 0 Å². The van der Waals surface area contributed by atoms with Gasteiger partial charge in [0.15, 0.2) is 5.82 Å². The van der Waals surface area contributed by atoms with Gasteiger partial charge in [0.1, 0.15) is 0 Å².